The van der Waals surface area contributed by atoms with E-state index in [2.05, 4.69) is 10.4 Å². The molecule has 0 bridgehead atoms. The molecular formula is C9H14N4O3S. The van der Waals surface area contributed by atoms with E-state index < -0.39 is 16.1 Å². The molecule has 1 aromatic rings. The molecule has 0 radical (unpaired) electrons. The van der Waals surface area contributed by atoms with Crippen molar-refractivity contribution >= 4 is 15.8 Å². The standard InChI is InChI=1S/C9H14N4O3S/c10-12-9-8(2-1-4-11-9)17(15,16)13-5-3-7(14)6-13/h1-2,4,7,14H,3,5-6,10H2,(H,11,12). The number of β-amino-alcohol motifs (C(OH)–C–C–N with tert-alkyl or cyclic N) is 1. The molecule has 1 aliphatic rings. The molecule has 1 saturated heterocycles. The van der Waals surface area contributed by atoms with E-state index >= 15 is 0 Å². The van der Waals surface area contributed by atoms with Gasteiger partial charge in [0.25, 0.3) is 0 Å². The Balaban J connectivity index is 2.38. The summed E-state index contributed by atoms with van der Waals surface area (Å²) in [5.74, 6) is 5.33. The Bertz CT molecular complexity index is 505. The van der Waals surface area contributed by atoms with Crippen LogP contribution in [0.25, 0.3) is 0 Å². The SMILES string of the molecule is NNc1ncccc1S(=O)(=O)N1CCC(O)C1. The molecule has 1 atom stereocenters. The number of rotatable bonds is 3. The van der Waals surface area contributed by atoms with Gasteiger partial charge in [-0.1, -0.05) is 0 Å². The number of aromatic nitrogens is 1. The molecule has 0 saturated carbocycles. The van der Waals surface area contributed by atoms with Gasteiger partial charge in [0.2, 0.25) is 10.0 Å². The first-order valence-corrected chi connectivity index (χ1v) is 6.59. The number of hydrogen-bond donors (Lipinski definition) is 3. The van der Waals surface area contributed by atoms with Gasteiger partial charge in [0.05, 0.1) is 6.10 Å². The second-order valence-corrected chi connectivity index (χ2v) is 5.71. The van der Waals surface area contributed by atoms with Gasteiger partial charge in [-0.2, -0.15) is 4.31 Å². The second-order valence-electron chi connectivity index (χ2n) is 3.80. The number of aliphatic hydroxyl groups is 1. The first-order chi connectivity index (χ1) is 8.05. The van der Waals surface area contributed by atoms with Gasteiger partial charge in [0, 0.05) is 19.3 Å². The van der Waals surface area contributed by atoms with E-state index in [1.165, 1.54) is 22.6 Å². The van der Waals surface area contributed by atoms with Crippen LogP contribution in [0.15, 0.2) is 23.2 Å². The lowest BCUT2D eigenvalue weighted by atomic mass is 10.3. The normalized spacial score (nSPS) is 21.6. The van der Waals surface area contributed by atoms with Gasteiger partial charge in [0.15, 0.2) is 5.82 Å². The van der Waals surface area contributed by atoms with Crippen molar-refractivity contribution in [2.45, 2.75) is 17.4 Å². The number of hydrazine groups is 1. The Kier molecular flexibility index (Phi) is 3.29. The molecule has 2 rings (SSSR count). The highest BCUT2D eigenvalue weighted by Gasteiger charge is 2.33. The Labute approximate surface area is 99.3 Å². The first-order valence-electron chi connectivity index (χ1n) is 5.15. The highest BCUT2D eigenvalue weighted by atomic mass is 32.2. The number of nitrogens with zero attached hydrogens (tertiary/aromatic N) is 2. The molecular weight excluding hydrogens is 244 g/mol. The highest BCUT2D eigenvalue weighted by molar-refractivity contribution is 7.89. The summed E-state index contributed by atoms with van der Waals surface area (Å²) in [6, 6.07) is 2.96. The first kappa shape index (κ1) is 12.2. The van der Waals surface area contributed by atoms with Crippen molar-refractivity contribution in [1.82, 2.24) is 9.29 Å². The van der Waals surface area contributed by atoms with E-state index in [1.54, 1.807) is 0 Å². The number of anilines is 1. The van der Waals surface area contributed by atoms with Crippen molar-refractivity contribution in [2.24, 2.45) is 5.84 Å². The smallest absolute Gasteiger partial charge is 0.246 e. The Morgan fingerprint density at radius 2 is 2.35 bits per heavy atom. The maximum absolute atomic E-state index is 12.2. The van der Waals surface area contributed by atoms with Crippen molar-refractivity contribution < 1.29 is 13.5 Å². The van der Waals surface area contributed by atoms with Crippen LogP contribution in [0.2, 0.25) is 0 Å². The van der Waals surface area contributed by atoms with Crippen molar-refractivity contribution in [2.75, 3.05) is 18.5 Å². The molecule has 1 aromatic heterocycles. The summed E-state index contributed by atoms with van der Waals surface area (Å²) < 4.78 is 25.7. The van der Waals surface area contributed by atoms with Crippen LogP contribution >= 0.6 is 0 Å². The second kappa shape index (κ2) is 4.57. The molecule has 1 fully saturated rings. The molecule has 2 heterocycles. The summed E-state index contributed by atoms with van der Waals surface area (Å²) in [5, 5.41) is 9.37. The summed E-state index contributed by atoms with van der Waals surface area (Å²) in [5.41, 5.74) is 2.26. The van der Waals surface area contributed by atoms with Crippen LogP contribution in [-0.2, 0) is 10.0 Å². The maximum atomic E-state index is 12.2. The third-order valence-corrected chi connectivity index (χ3v) is 4.55. The van der Waals surface area contributed by atoms with Crippen molar-refractivity contribution in [3.8, 4) is 0 Å². The molecule has 94 valence electrons. The van der Waals surface area contributed by atoms with Crippen molar-refractivity contribution in [3.63, 3.8) is 0 Å². The molecule has 1 unspecified atom stereocenters. The van der Waals surface area contributed by atoms with Crippen molar-refractivity contribution in [1.29, 1.82) is 0 Å². The van der Waals surface area contributed by atoms with Gasteiger partial charge in [-0.05, 0) is 18.6 Å². The molecule has 0 aromatic carbocycles. The maximum Gasteiger partial charge on any atom is 0.246 e. The zero-order valence-corrected chi connectivity index (χ0v) is 9.89. The Morgan fingerprint density at radius 3 is 2.94 bits per heavy atom. The van der Waals surface area contributed by atoms with E-state index in [0.29, 0.717) is 13.0 Å². The average Bonchev–Trinajstić information content (AvgIpc) is 2.76. The predicted octanol–water partition coefficient (Wildman–Crippen LogP) is -0.878. The van der Waals surface area contributed by atoms with Gasteiger partial charge >= 0.3 is 0 Å². The molecule has 4 N–H and O–H groups in total. The molecule has 1 aliphatic heterocycles. The summed E-state index contributed by atoms with van der Waals surface area (Å²) in [7, 11) is -3.65. The van der Waals surface area contributed by atoms with Crippen LogP contribution in [0.1, 0.15) is 6.42 Å². The number of hydrogen-bond acceptors (Lipinski definition) is 6. The molecule has 0 aliphatic carbocycles. The summed E-state index contributed by atoms with van der Waals surface area (Å²) in [6.07, 6.45) is 1.30. The molecule has 8 heteroatoms. The fourth-order valence-electron chi connectivity index (χ4n) is 1.78. The van der Waals surface area contributed by atoms with E-state index in [4.69, 9.17) is 5.84 Å². The summed E-state index contributed by atoms with van der Waals surface area (Å²) in [4.78, 5) is 3.87. The Morgan fingerprint density at radius 1 is 1.59 bits per heavy atom. The zero-order valence-electron chi connectivity index (χ0n) is 9.07. The van der Waals surface area contributed by atoms with Gasteiger partial charge < -0.3 is 10.5 Å². The topological polar surface area (TPSA) is 109 Å². The minimum atomic E-state index is -3.65. The number of nitrogens with one attached hydrogen (secondary N) is 1. The van der Waals surface area contributed by atoms with E-state index in [1.807, 2.05) is 0 Å². The van der Waals surface area contributed by atoms with Crippen LogP contribution in [0.5, 0.6) is 0 Å². The van der Waals surface area contributed by atoms with Crippen LogP contribution in [0, 0.1) is 0 Å². The number of aliphatic hydroxyl groups excluding tert-OH is 1. The molecule has 7 nitrogen and oxygen atoms in total. The van der Waals surface area contributed by atoms with E-state index in [9.17, 15) is 13.5 Å². The quantitative estimate of drug-likeness (QED) is 0.480. The molecule has 17 heavy (non-hydrogen) atoms. The van der Waals surface area contributed by atoms with Gasteiger partial charge in [-0.3, -0.25) is 0 Å². The Hall–Kier alpha value is -1.22. The van der Waals surface area contributed by atoms with Crippen molar-refractivity contribution in [3.05, 3.63) is 18.3 Å². The highest BCUT2D eigenvalue weighted by Crippen LogP contribution is 2.24. The lowest BCUT2D eigenvalue weighted by molar-refractivity contribution is 0.189. The minimum absolute atomic E-state index is 0.0246. The van der Waals surface area contributed by atoms with Gasteiger partial charge in [-0.25, -0.2) is 19.2 Å². The average molecular weight is 258 g/mol. The summed E-state index contributed by atoms with van der Waals surface area (Å²) >= 11 is 0. The van der Waals surface area contributed by atoms with Gasteiger partial charge in [0.1, 0.15) is 4.90 Å². The number of nitrogen functional groups attached to an aromatic ring is 1. The monoisotopic (exact) mass is 258 g/mol. The fourth-order valence-corrected chi connectivity index (χ4v) is 3.37. The van der Waals surface area contributed by atoms with E-state index in [0.717, 1.165) is 0 Å². The van der Waals surface area contributed by atoms with Crippen LogP contribution in [-0.4, -0.2) is 42.0 Å². The van der Waals surface area contributed by atoms with E-state index in [-0.39, 0.29) is 17.3 Å². The van der Waals surface area contributed by atoms with Crippen LogP contribution < -0.4 is 11.3 Å². The van der Waals surface area contributed by atoms with Gasteiger partial charge in [-0.15, -0.1) is 0 Å². The number of nitrogens with two attached hydrogens (primary N) is 1. The van der Waals surface area contributed by atoms with Crippen LogP contribution in [0.4, 0.5) is 5.82 Å². The lowest BCUT2D eigenvalue weighted by Gasteiger charge is -2.17. The largest absolute Gasteiger partial charge is 0.392 e. The predicted molar refractivity (Wildman–Crippen MR) is 61.4 cm³/mol. The number of sulfonamides is 1. The third kappa shape index (κ3) is 2.25. The van der Waals surface area contributed by atoms with Crippen LogP contribution in [0.3, 0.4) is 0 Å². The summed E-state index contributed by atoms with van der Waals surface area (Å²) in [6.45, 7) is 0.420. The zero-order chi connectivity index (χ0) is 12.5. The molecule has 0 amide bonds. The lowest BCUT2D eigenvalue weighted by Crippen LogP contribution is -2.30. The molecule has 0 spiro atoms. The fraction of sp³-hybridized carbons (Fsp3) is 0.444. The third-order valence-electron chi connectivity index (χ3n) is 2.65. The number of pyridine rings is 1. The minimum Gasteiger partial charge on any atom is -0.392 e.